The quantitative estimate of drug-likeness (QED) is 0.712. The van der Waals surface area contributed by atoms with E-state index in [-0.39, 0.29) is 0 Å². The lowest BCUT2D eigenvalue weighted by molar-refractivity contribution is -0.147. The summed E-state index contributed by atoms with van der Waals surface area (Å²) in [4.78, 5) is 15.4. The van der Waals surface area contributed by atoms with Crippen LogP contribution in [0.4, 0.5) is 0 Å². The van der Waals surface area contributed by atoms with Gasteiger partial charge in [0, 0.05) is 19.0 Å². The molecule has 1 aliphatic heterocycles. The van der Waals surface area contributed by atoms with Gasteiger partial charge in [-0.25, -0.2) is 0 Å². The highest BCUT2D eigenvalue weighted by Crippen LogP contribution is 2.55. The maximum Gasteiger partial charge on any atom is 0.225 e. The molecule has 0 aromatic rings. The molecule has 0 spiro atoms. The van der Waals surface area contributed by atoms with Crippen molar-refractivity contribution in [1.82, 2.24) is 4.90 Å². The number of carbonyl (C=O) groups excluding carboxylic acids is 1. The van der Waals surface area contributed by atoms with Crippen LogP contribution in [0.5, 0.6) is 0 Å². The largest absolute Gasteiger partial charge is 0.342 e. The van der Waals surface area contributed by atoms with Gasteiger partial charge in [-0.3, -0.25) is 4.79 Å². The van der Waals surface area contributed by atoms with Crippen LogP contribution < -0.4 is 0 Å². The number of hydrogen-bond donors (Lipinski definition) is 0. The highest BCUT2D eigenvalue weighted by atomic mass is 16.2. The second kappa shape index (κ2) is 4.99. The van der Waals surface area contributed by atoms with Crippen molar-refractivity contribution in [1.29, 1.82) is 0 Å². The van der Waals surface area contributed by atoms with Crippen LogP contribution in [0.2, 0.25) is 0 Å². The molecule has 118 valence electrons. The minimum absolute atomic E-state index is 0.329. The highest BCUT2D eigenvalue weighted by Gasteiger charge is 2.49. The van der Waals surface area contributed by atoms with Gasteiger partial charge in [-0.2, -0.15) is 0 Å². The third kappa shape index (κ3) is 2.53. The normalized spacial score (nSPS) is 44.7. The molecule has 3 aliphatic carbocycles. The van der Waals surface area contributed by atoms with Crippen molar-refractivity contribution in [2.45, 2.75) is 65.2 Å². The topological polar surface area (TPSA) is 20.3 Å². The van der Waals surface area contributed by atoms with Gasteiger partial charge in [0.1, 0.15) is 0 Å². The maximum atomic E-state index is 13.2. The molecule has 2 heteroatoms. The number of hydrogen-bond acceptors (Lipinski definition) is 1. The molecule has 21 heavy (non-hydrogen) atoms. The number of amides is 1. The first-order chi connectivity index (χ1) is 10.0. The van der Waals surface area contributed by atoms with Crippen molar-refractivity contribution in [3.8, 4) is 0 Å². The van der Waals surface area contributed by atoms with Crippen LogP contribution in [0, 0.1) is 35.0 Å². The summed E-state index contributed by atoms with van der Waals surface area (Å²) in [7, 11) is 0. The lowest BCUT2D eigenvalue weighted by Gasteiger charge is -2.52. The first kappa shape index (κ1) is 14.1. The van der Waals surface area contributed by atoms with Crippen molar-refractivity contribution in [2.75, 3.05) is 13.1 Å². The fourth-order valence-corrected chi connectivity index (χ4v) is 6.25. The third-order valence-electron chi connectivity index (χ3n) is 7.09. The molecule has 3 bridgehead atoms. The van der Waals surface area contributed by atoms with Gasteiger partial charge >= 0.3 is 0 Å². The van der Waals surface area contributed by atoms with Gasteiger partial charge in [-0.1, -0.05) is 20.3 Å². The maximum absolute atomic E-state index is 13.2. The summed E-state index contributed by atoms with van der Waals surface area (Å²) in [6, 6.07) is 0. The number of rotatable bonds is 1. The molecule has 0 aromatic carbocycles. The van der Waals surface area contributed by atoms with E-state index in [0.29, 0.717) is 17.2 Å². The second-order valence-corrected chi connectivity index (χ2v) is 9.31. The Morgan fingerprint density at radius 3 is 2.67 bits per heavy atom. The number of fused-ring (bicyclic) bond motifs is 2. The molecule has 5 unspecified atom stereocenters. The van der Waals surface area contributed by atoms with E-state index in [4.69, 9.17) is 0 Å². The summed E-state index contributed by atoms with van der Waals surface area (Å²) in [6.07, 6.45) is 10.8. The van der Waals surface area contributed by atoms with E-state index in [2.05, 4.69) is 18.7 Å². The molecule has 0 radical (unpaired) electrons. The van der Waals surface area contributed by atoms with Crippen LogP contribution in [0.3, 0.4) is 0 Å². The Bertz CT molecular complexity index is 423. The van der Waals surface area contributed by atoms with E-state index in [9.17, 15) is 4.79 Å². The van der Waals surface area contributed by atoms with Crippen LogP contribution in [0.25, 0.3) is 0 Å². The van der Waals surface area contributed by atoms with Crippen LogP contribution in [-0.2, 0) is 4.79 Å². The second-order valence-electron chi connectivity index (χ2n) is 9.31. The van der Waals surface area contributed by atoms with Crippen molar-refractivity contribution in [3.05, 3.63) is 0 Å². The first-order valence-electron chi connectivity index (χ1n) is 9.31. The SMILES string of the molecule is CC1(C)CCCN(C(=O)C2CC3CC4CCC2C(C4)C3)C1. The molecule has 5 atom stereocenters. The van der Waals surface area contributed by atoms with E-state index in [1.54, 1.807) is 0 Å². The molecule has 4 rings (SSSR count). The van der Waals surface area contributed by atoms with Gasteiger partial charge in [0.15, 0.2) is 0 Å². The predicted molar refractivity (Wildman–Crippen MR) is 84.7 cm³/mol. The van der Waals surface area contributed by atoms with Gasteiger partial charge in [0.25, 0.3) is 0 Å². The third-order valence-corrected chi connectivity index (χ3v) is 7.09. The molecule has 0 aromatic heterocycles. The number of carbonyl (C=O) groups is 1. The van der Waals surface area contributed by atoms with Gasteiger partial charge in [-0.05, 0) is 74.0 Å². The fraction of sp³-hybridized carbons (Fsp3) is 0.947. The average molecular weight is 289 g/mol. The fourth-order valence-electron chi connectivity index (χ4n) is 6.25. The molecule has 3 saturated carbocycles. The lowest BCUT2D eigenvalue weighted by atomic mass is 9.54. The van der Waals surface area contributed by atoms with Crippen LogP contribution in [0.1, 0.15) is 65.2 Å². The smallest absolute Gasteiger partial charge is 0.225 e. The molecule has 0 N–H and O–H groups in total. The van der Waals surface area contributed by atoms with E-state index in [1.807, 2.05) is 0 Å². The summed E-state index contributed by atoms with van der Waals surface area (Å²) < 4.78 is 0. The highest BCUT2D eigenvalue weighted by molar-refractivity contribution is 5.79. The lowest BCUT2D eigenvalue weighted by Crippen LogP contribution is -2.52. The van der Waals surface area contributed by atoms with E-state index < -0.39 is 0 Å². The van der Waals surface area contributed by atoms with Gasteiger partial charge in [0.05, 0.1) is 0 Å². The summed E-state index contributed by atoms with van der Waals surface area (Å²) in [5, 5.41) is 0. The van der Waals surface area contributed by atoms with Crippen molar-refractivity contribution in [2.24, 2.45) is 35.0 Å². The summed E-state index contributed by atoms with van der Waals surface area (Å²) in [5.74, 6) is 4.41. The monoisotopic (exact) mass is 289 g/mol. The Labute approximate surface area is 129 Å². The Balaban J connectivity index is 1.51. The molecule has 1 saturated heterocycles. The van der Waals surface area contributed by atoms with Crippen molar-refractivity contribution >= 4 is 5.91 Å². The van der Waals surface area contributed by atoms with Crippen LogP contribution in [-0.4, -0.2) is 23.9 Å². The molecule has 2 nitrogen and oxygen atoms in total. The molecule has 4 fully saturated rings. The van der Waals surface area contributed by atoms with E-state index >= 15 is 0 Å². The molecular weight excluding hydrogens is 258 g/mol. The zero-order valence-electron chi connectivity index (χ0n) is 13.8. The standard InChI is InChI=1S/C19H31NO/c1-19(2)6-3-7-20(12-19)18(21)17-11-14-8-13-4-5-16(17)15(9-13)10-14/h13-17H,3-12H2,1-2H3. The molecule has 1 amide bonds. The molecular formula is C19H31NO. The summed E-state index contributed by atoms with van der Waals surface area (Å²) >= 11 is 0. The van der Waals surface area contributed by atoms with E-state index in [1.165, 1.54) is 51.4 Å². The van der Waals surface area contributed by atoms with Crippen LogP contribution in [0.15, 0.2) is 0 Å². The van der Waals surface area contributed by atoms with Crippen LogP contribution >= 0.6 is 0 Å². The number of piperidine rings is 1. The number of likely N-dealkylation sites (tertiary alicyclic amines) is 1. The van der Waals surface area contributed by atoms with Crippen molar-refractivity contribution in [3.63, 3.8) is 0 Å². The van der Waals surface area contributed by atoms with Gasteiger partial charge in [0.2, 0.25) is 5.91 Å². The Kier molecular flexibility index (Phi) is 3.35. The Morgan fingerprint density at radius 1 is 1.05 bits per heavy atom. The van der Waals surface area contributed by atoms with Gasteiger partial charge < -0.3 is 4.90 Å². The minimum Gasteiger partial charge on any atom is -0.342 e. The summed E-state index contributed by atoms with van der Waals surface area (Å²) in [6.45, 7) is 6.66. The Morgan fingerprint density at radius 2 is 1.86 bits per heavy atom. The average Bonchev–Trinajstić information content (AvgIpc) is 2.42. The zero-order valence-corrected chi connectivity index (χ0v) is 13.8. The first-order valence-corrected chi connectivity index (χ1v) is 9.31. The summed E-state index contributed by atoms with van der Waals surface area (Å²) in [5.41, 5.74) is 0.329. The van der Waals surface area contributed by atoms with E-state index in [0.717, 1.165) is 36.8 Å². The number of nitrogens with zero attached hydrogens (tertiary/aromatic N) is 1. The minimum atomic E-state index is 0.329. The zero-order chi connectivity index (χ0) is 14.6. The van der Waals surface area contributed by atoms with Crippen molar-refractivity contribution < 1.29 is 4.79 Å². The van der Waals surface area contributed by atoms with Gasteiger partial charge in [-0.15, -0.1) is 0 Å². The predicted octanol–water partition coefficient (Wildman–Crippen LogP) is 4.10. The molecule has 4 aliphatic rings. The molecule has 1 heterocycles. The Hall–Kier alpha value is -0.530.